The number of carbonyl (C=O) groups is 1. The summed E-state index contributed by atoms with van der Waals surface area (Å²) in [5.41, 5.74) is 0.956. The van der Waals surface area contributed by atoms with E-state index in [1.165, 1.54) is 0 Å². The first kappa shape index (κ1) is 14.3. The lowest BCUT2D eigenvalue weighted by atomic mass is 10.00. The van der Waals surface area contributed by atoms with Gasteiger partial charge in [-0.3, -0.25) is 9.79 Å². The van der Waals surface area contributed by atoms with Gasteiger partial charge in [-0.15, -0.1) is 12.4 Å². The normalized spacial score (nSPS) is 20.7. The van der Waals surface area contributed by atoms with Crippen molar-refractivity contribution in [3.8, 4) is 0 Å². The molecule has 0 saturated carbocycles. The lowest BCUT2D eigenvalue weighted by molar-refractivity contribution is -0.115. The van der Waals surface area contributed by atoms with Crippen LogP contribution in [-0.4, -0.2) is 30.4 Å². The molecule has 2 aliphatic rings. The summed E-state index contributed by atoms with van der Waals surface area (Å²) in [4.78, 5) is 16.7. The molecular weight excluding hydrogens is 285 g/mol. The Labute approximate surface area is 123 Å². The van der Waals surface area contributed by atoms with Crippen molar-refractivity contribution in [2.24, 2.45) is 4.99 Å². The Hall–Kier alpha value is -1.10. The molecule has 1 aromatic carbocycles. The molecule has 2 aliphatic heterocycles. The van der Waals surface area contributed by atoms with Crippen molar-refractivity contribution < 1.29 is 4.79 Å². The van der Waals surface area contributed by atoms with Crippen molar-refractivity contribution in [2.45, 2.75) is 18.5 Å². The molecule has 2 heterocycles. The molecule has 0 aliphatic carbocycles. The van der Waals surface area contributed by atoms with E-state index < -0.39 is 5.66 Å². The number of rotatable bonds is 1. The van der Waals surface area contributed by atoms with Gasteiger partial charge in [-0.25, -0.2) is 0 Å². The number of hydrogen-bond donors (Lipinski definition) is 2. The van der Waals surface area contributed by atoms with Gasteiger partial charge in [-0.2, -0.15) is 0 Å². The van der Waals surface area contributed by atoms with E-state index >= 15 is 0 Å². The predicted octanol–water partition coefficient (Wildman–Crippen LogP) is 1.76. The van der Waals surface area contributed by atoms with Crippen LogP contribution in [0.15, 0.2) is 29.3 Å². The number of piperidine rings is 1. The molecule has 0 unspecified atom stereocenters. The molecule has 4 nitrogen and oxygen atoms in total. The van der Waals surface area contributed by atoms with Crippen LogP contribution in [0.25, 0.3) is 0 Å². The number of nitrogens with zero attached hydrogens (tertiary/aromatic N) is 1. The average Bonchev–Trinajstić information content (AvgIpc) is 2.68. The second-order valence-electron chi connectivity index (χ2n) is 4.70. The monoisotopic (exact) mass is 299 g/mol. The summed E-state index contributed by atoms with van der Waals surface area (Å²) in [6.45, 7) is 1.77. The van der Waals surface area contributed by atoms with Crippen LogP contribution in [0.1, 0.15) is 18.4 Å². The summed E-state index contributed by atoms with van der Waals surface area (Å²) in [5.74, 6) is -0.0841. The third kappa shape index (κ3) is 2.76. The minimum Gasteiger partial charge on any atom is -0.326 e. The second kappa shape index (κ2) is 5.49. The minimum atomic E-state index is -0.392. The Kier molecular flexibility index (Phi) is 4.13. The smallest absolute Gasteiger partial charge is 0.272 e. The van der Waals surface area contributed by atoms with Crippen molar-refractivity contribution in [1.82, 2.24) is 10.6 Å². The molecular formula is C13H15Cl2N3O. The zero-order chi connectivity index (χ0) is 12.6. The van der Waals surface area contributed by atoms with E-state index in [1.54, 1.807) is 12.1 Å². The van der Waals surface area contributed by atoms with Gasteiger partial charge in [-0.1, -0.05) is 23.7 Å². The van der Waals surface area contributed by atoms with Gasteiger partial charge in [-0.05, 0) is 25.2 Å². The van der Waals surface area contributed by atoms with Gasteiger partial charge in [0.05, 0.1) is 0 Å². The molecule has 0 aromatic heterocycles. The Bertz CT molecular complexity index is 507. The highest BCUT2D eigenvalue weighted by atomic mass is 35.5. The summed E-state index contributed by atoms with van der Waals surface area (Å²) >= 11 is 5.85. The number of carbonyl (C=O) groups excluding carboxylic acids is 1. The van der Waals surface area contributed by atoms with Crippen LogP contribution in [-0.2, 0) is 4.79 Å². The summed E-state index contributed by atoms with van der Waals surface area (Å²) in [6.07, 6.45) is 1.69. The Balaban J connectivity index is 0.00000133. The summed E-state index contributed by atoms with van der Waals surface area (Å²) in [7, 11) is 0. The highest BCUT2D eigenvalue weighted by molar-refractivity contribution is 6.47. The van der Waals surface area contributed by atoms with Crippen molar-refractivity contribution in [1.29, 1.82) is 0 Å². The molecule has 0 bridgehead atoms. The third-order valence-electron chi connectivity index (χ3n) is 3.44. The van der Waals surface area contributed by atoms with Crippen molar-refractivity contribution >= 4 is 35.6 Å². The van der Waals surface area contributed by atoms with E-state index in [1.807, 2.05) is 12.1 Å². The largest absolute Gasteiger partial charge is 0.326 e. The molecule has 0 atom stereocenters. The van der Waals surface area contributed by atoms with Gasteiger partial charge in [0, 0.05) is 23.4 Å². The fourth-order valence-corrected chi connectivity index (χ4v) is 2.57. The van der Waals surface area contributed by atoms with Gasteiger partial charge in [0.25, 0.3) is 5.91 Å². The van der Waals surface area contributed by atoms with Crippen LogP contribution in [0.4, 0.5) is 0 Å². The van der Waals surface area contributed by atoms with Crippen molar-refractivity contribution in [3.05, 3.63) is 34.9 Å². The number of halogens is 2. The van der Waals surface area contributed by atoms with Crippen LogP contribution >= 0.6 is 24.0 Å². The van der Waals surface area contributed by atoms with Gasteiger partial charge in [0.1, 0.15) is 11.4 Å². The lowest BCUT2D eigenvalue weighted by Gasteiger charge is -2.30. The number of nitrogens with one attached hydrogen (secondary N) is 2. The van der Waals surface area contributed by atoms with E-state index in [4.69, 9.17) is 11.6 Å². The van der Waals surface area contributed by atoms with Crippen LogP contribution in [0.3, 0.4) is 0 Å². The number of hydrogen-bond acceptors (Lipinski definition) is 3. The minimum absolute atomic E-state index is 0. The first-order valence-electron chi connectivity index (χ1n) is 6.08. The molecule has 1 spiro atoms. The third-order valence-corrected chi connectivity index (χ3v) is 3.69. The lowest BCUT2D eigenvalue weighted by Crippen LogP contribution is -2.49. The Morgan fingerprint density at radius 1 is 1.16 bits per heavy atom. The van der Waals surface area contributed by atoms with Crippen molar-refractivity contribution in [2.75, 3.05) is 13.1 Å². The molecule has 1 amide bonds. The van der Waals surface area contributed by atoms with Gasteiger partial charge in [0.15, 0.2) is 0 Å². The molecule has 0 radical (unpaired) electrons. The fourth-order valence-electron chi connectivity index (χ4n) is 2.44. The fraction of sp³-hybridized carbons (Fsp3) is 0.385. The predicted molar refractivity (Wildman–Crippen MR) is 78.2 cm³/mol. The molecule has 2 N–H and O–H groups in total. The number of amides is 1. The maximum Gasteiger partial charge on any atom is 0.272 e. The molecule has 19 heavy (non-hydrogen) atoms. The summed E-state index contributed by atoms with van der Waals surface area (Å²) in [5, 5.41) is 6.95. The highest BCUT2D eigenvalue weighted by Gasteiger charge is 2.40. The van der Waals surface area contributed by atoms with E-state index in [2.05, 4.69) is 15.6 Å². The summed E-state index contributed by atoms with van der Waals surface area (Å²) in [6, 6.07) is 7.22. The second-order valence-corrected chi connectivity index (χ2v) is 5.14. The quantitative estimate of drug-likeness (QED) is 0.830. The van der Waals surface area contributed by atoms with E-state index in [0.717, 1.165) is 31.5 Å². The summed E-state index contributed by atoms with van der Waals surface area (Å²) < 4.78 is 0. The first-order chi connectivity index (χ1) is 8.69. The maximum absolute atomic E-state index is 12.0. The Morgan fingerprint density at radius 2 is 1.79 bits per heavy atom. The zero-order valence-corrected chi connectivity index (χ0v) is 11.9. The standard InChI is InChI=1S/C13H14ClN3O.ClH/c14-10-3-1-9(2-4-10)11-12(18)17-13(16-11)5-7-15-8-6-13;/h1-4,15H,5-8H2,(H,17,18);1H. The van der Waals surface area contributed by atoms with Crippen LogP contribution in [0.2, 0.25) is 5.02 Å². The van der Waals surface area contributed by atoms with Crippen LogP contribution < -0.4 is 10.6 Å². The average molecular weight is 300 g/mol. The molecule has 6 heteroatoms. The van der Waals surface area contributed by atoms with Crippen LogP contribution in [0.5, 0.6) is 0 Å². The maximum atomic E-state index is 12.0. The van der Waals surface area contributed by atoms with Crippen LogP contribution in [0, 0.1) is 0 Å². The van der Waals surface area contributed by atoms with E-state index in [-0.39, 0.29) is 18.3 Å². The number of aliphatic imine (C=N–C) groups is 1. The van der Waals surface area contributed by atoms with Crippen molar-refractivity contribution in [3.63, 3.8) is 0 Å². The Morgan fingerprint density at radius 3 is 2.42 bits per heavy atom. The van der Waals surface area contributed by atoms with Gasteiger partial charge < -0.3 is 10.6 Å². The first-order valence-corrected chi connectivity index (χ1v) is 6.45. The molecule has 1 aromatic rings. The number of benzene rings is 1. The molecule has 1 fully saturated rings. The SMILES string of the molecule is Cl.O=C1NC2(CCNCC2)N=C1c1ccc(Cl)cc1. The van der Waals surface area contributed by atoms with Gasteiger partial charge >= 0.3 is 0 Å². The van der Waals surface area contributed by atoms with E-state index in [0.29, 0.717) is 10.7 Å². The zero-order valence-electron chi connectivity index (χ0n) is 10.3. The molecule has 1 saturated heterocycles. The van der Waals surface area contributed by atoms with E-state index in [9.17, 15) is 4.79 Å². The molecule has 3 rings (SSSR count). The molecule has 102 valence electrons. The van der Waals surface area contributed by atoms with Gasteiger partial charge in [0.2, 0.25) is 0 Å². The topological polar surface area (TPSA) is 53.5 Å². The highest BCUT2D eigenvalue weighted by Crippen LogP contribution is 2.26.